The van der Waals surface area contributed by atoms with Gasteiger partial charge in [0, 0.05) is 51.8 Å². The highest BCUT2D eigenvalue weighted by Crippen LogP contribution is 2.23. The molecule has 2 fully saturated rings. The van der Waals surface area contributed by atoms with Gasteiger partial charge in [0.15, 0.2) is 0 Å². The van der Waals surface area contributed by atoms with E-state index in [1.807, 2.05) is 0 Å². The van der Waals surface area contributed by atoms with Crippen LogP contribution in [0, 0.1) is 0 Å². The molecule has 0 aliphatic carbocycles. The quantitative estimate of drug-likeness (QED) is 0.602. The lowest BCUT2D eigenvalue weighted by Crippen LogP contribution is -2.49. The number of hydrogen-bond donors (Lipinski definition) is 0. The van der Waals surface area contributed by atoms with Crippen LogP contribution in [0.4, 0.5) is 3.89 Å². The average Bonchev–Trinajstić information content (AvgIpc) is 2.73. The van der Waals surface area contributed by atoms with Crippen molar-refractivity contribution in [2.45, 2.75) is 29.9 Å². The molecule has 12 heteroatoms. The molecule has 3 rings (SSSR count). The first-order chi connectivity index (χ1) is 14.0. The molecular weight excluding hydrogens is 437 g/mol. The Hall–Kier alpha value is -2.05. The van der Waals surface area contributed by atoms with E-state index in [-0.39, 0.29) is 55.4 Å². The lowest BCUT2D eigenvalue weighted by Gasteiger charge is -2.33. The predicted octanol–water partition coefficient (Wildman–Crippen LogP) is 0.443. The summed E-state index contributed by atoms with van der Waals surface area (Å²) in [5, 5.41) is -1.11. The van der Waals surface area contributed by atoms with Crippen LogP contribution in [0.2, 0.25) is 0 Å². The van der Waals surface area contributed by atoms with Gasteiger partial charge in [-0.1, -0.05) is 6.07 Å². The van der Waals surface area contributed by atoms with Crippen LogP contribution < -0.4 is 0 Å². The van der Waals surface area contributed by atoms with E-state index < -0.39 is 31.4 Å². The molecule has 166 valence electrons. The van der Waals surface area contributed by atoms with Gasteiger partial charge in [-0.15, -0.1) is 3.89 Å². The molecule has 30 heavy (non-hydrogen) atoms. The molecule has 0 N–H and O–H groups in total. The monoisotopic (exact) mass is 461 g/mol. The molecule has 1 aromatic rings. The molecule has 2 saturated heterocycles. The standard InChI is InChI=1S/C18H24FN3O6S2/c1-14(23)20-9-11-22(12-10-20)30(27,28)17-4-2-3-15(13-17)18(24)21-7-5-16(6-8-21)29(19,25)26/h2-4,13,16H,5-12H2,1H3. The van der Waals surface area contributed by atoms with E-state index in [2.05, 4.69) is 0 Å². The van der Waals surface area contributed by atoms with E-state index in [1.165, 1.54) is 40.4 Å². The third-order valence-electron chi connectivity index (χ3n) is 5.53. The van der Waals surface area contributed by atoms with Gasteiger partial charge in [-0.25, -0.2) is 8.42 Å². The van der Waals surface area contributed by atoms with Crippen LogP contribution in [0.5, 0.6) is 0 Å². The van der Waals surface area contributed by atoms with Crippen molar-refractivity contribution < 1.29 is 30.3 Å². The van der Waals surface area contributed by atoms with Crippen molar-refractivity contribution in [1.29, 1.82) is 0 Å². The van der Waals surface area contributed by atoms with Gasteiger partial charge < -0.3 is 9.80 Å². The number of likely N-dealkylation sites (tertiary alicyclic amines) is 1. The molecule has 2 aliphatic rings. The third kappa shape index (κ3) is 4.81. The van der Waals surface area contributed by atoms with Crippen LogP contribution in [-0.2, 0) is 25.0 Å². The summed E-state index contributed by atoms with van der Waals surface area (Å²) in [6, 6.07) is 5.68. The first-order valence-electron chi connectivity index (χ1n) is 9.58. The Bertz CT molecular complexity index is 1030. The zero-order valence-electron chi connectivity index (χ0n) is 16.5. The second kappa shape index (κ2) is 8.60. The van der Waals surface area contributed by atoms with E-state index >= 15 is 0 Å². The number of nitrogens with zero attached hydrogens (tertiary/aromatic N) is 3. The van der Waals surface area contributed by atoms with E-state index in [0.717, 1.165) is 0 Å². The van der Waals surface area contributed by atoms with Crippen LogP contribution in [0.1, 0.15) is 30.1 Å². The number of halogens is 1. The molecule has 0 bridgehead atoms. The normalized spacial score (nSPS) is 19.7. The zero-order chi connectivity index (χ0) is 22.1. The topological polar surface area (TPSA) is 112 Å². The van der Waals surface area contributed by atoms with Gasteiger partial charge in [0.25, 0.3) is 5.91 Å². The summed E-state index contributed by atoms with van der Waals surface area (Å²) >= 11 is 0. The van der Waals surface area contributed by atoms with Crippen molar-refractivity contribution in [2.24, 2.45) is 0 Å². The van der Waals surface area contributed by atoms with Gasteiger partial charge in [-0.2, -0.15) is 12.7 Å². The predicted molar refractivity (Wildman–Crippen MR) is 106 cm³/mol. The molecule has 0 saturated carbocycles. The summed E-state index contributed by atoms with van der Waals surface area (Å²) in [5.41, 5.74) is 0.167. The molecule has 2 amide bonds. The third-order valence-corrected chi connectivity index (χ3v) is 8.69. The number of amides is 2. The number of piperazine rings is 1. The highest BCUT2D eigenvalue weighted by atomic mass is 32.3. The van der Waals surface area contributed by atoms with Gasteiger partial charge in [-0.05, 0) is 31.0 Å². The zero-order valence-corrected chi connectivity index (χ0v) is 18.2. The van der Waals surface area contributed by atoms with Crippen molar-refractivity contribution in [1.82, 2.24) is 14.1 Å². The first-order valence-corrected chi connectivity index (χ1v) is 12.5. The van der Waals surface area contributed by atoms with Gasteiger partial charge in [0.1, 0.15) is 0 Å². The maximum absolute atomic E-state index is 13.1. The second-order valence-corrected chi connectivity index (χ2v) is 11.0. The van der Waals surface area contributed by atoms with Crippen LogP contribution >= 0.6 is 0 Å². The van der Waals surface area contributed by atoms with E-state index in [0.29, 0.717) is 13.1 Å². The van der Waals surface area contributed by atoms with Crippen molar-refractivity contribution in [3.8, 4) is 0 Å². The summed E-state index contributed by atoms with van der Waals surface area (Å²) in [5.74, 6) is -0.535. The number of benzene rings is 1. The van der Waals surface area contributed by atoms with Crippen molar-refractivity contribution in [2.75, 3.05) is 39.3 Å². The molecule has 2 heterocycles. The van der Waals surface area contributed by atoms with Crippen LogP contribution in [-0.4, -0.2) is 87.3 Å². The fraction of sp³-hybridized carbons (Fsp3) is 0.556. The molecule has 1 aromatic carbocycles. The van der Waals surface area contributed by atoms with Gasteiger partial charge in [0.2, 0.25) is 15.9 Å². The second-order valence-electron chi connectivity index (χ2n) is 7.41. The Morgan fingerprint density at radius 1 is 0.933 bits per heavy atom. The number of rotatable bonds is 4. The fourth-order valence-corrected chi connectivity index (χ4v) is 5.95. The minimum absolute atomic E-state index is 0.00297. The maximum atomic E-state index is 13.1. The van der Waals surface area contributed by atoms with Crippen molar-refractivity contribution >= 4 is 32.1 Å². The largest absolute Gasteiger partial charge is 0.340 e. The molecular formula is C18H24FN3O6S2. The molecule has 9 nitrogen and oxygen atoms in total. The Morgan fingerprint density at radius 2 is 1.53 bits per heavy atom. The van der Waals surface area contributed by atoms with Crippen LogP contribution in [0.15, 0.2) is 29.2 Å². The number of carbonyl (C=O) groups is 2. The molecule has 0 aromatic heterocycles. The average molecular weight is 462 g/mol. The number of sulfonamides is 1. The first kappa shape index (κ1) is 22.6. The summed E-state index contributed by atoms with van der Waals surface area (Å²) in [7, 11) is -8.47. The van der Waals surface area contributed by atoms with Gasteiger partial charge >= 0.3 is 10.2 Å². The Morgan fingerprint density at radius 3 is 2.07 bits per heavy atom. The van der Waals surface area contributed by atoms with Crippen molar-refractivity contribution in [3.05, 3.63) is 29.8 Å². The van der Waals surface area contributed by atoms with Gasteiger partial charge in [-0.3, -0.25) is 9.59 Å². The summed E-state index contributed by atoms with van der Waals surface area (Å²) in [6.07, 6.45) is 0.00593. The number of carbonyl (C=O) groups excluding carboxylic acids is 2. The van der Waals surface area contributed by atoms with Crippen LogP contribution in [0.25, 0.3) is 0 Å². The lowest BCUT2D eigenvalue weighted by molar-refractivity contribution is -0.129. The molecule has 0 unspecified atom stereocenters. The van der Waals surface area contributed by atoms with Crippen molar-refractivity contribution in [3.63, 3.8) is 0 Å². The summed E-state index contributed by atoms with van der Waals surface area (Å²) < 4.78 is 62.4. The summed E-state index contributed by atoms with van der Waals surface area (Å²) in [6.45, 7) is 2.55. The minimum atomic E-state index is -4.63. The molecule has 0 atom stereocenters. The molecule has 0 spiro atoms. The minimum Gasteiger partial charge on any atom is -0.340 e. The summed E-state index contributed by atoms with van der Waals surface area (Å²) in [4.78, 5) is 27.1. The van der Waals surface area contributed by atoms with E-state index in [4.69, 9.17) is 0 Å². The molecule has 2 aliphatic heterocycles. The Kier molecular flexibility index (Phi) is 6.48. The SMILES string of the molecule is CC(=O)N1CCN(S(=O)(=O)c2cccc(C(=O)N3CCC(S(=O)(=O)F)CC3)c2)CC1. The smallest absolute Gasteiger partial charge is 0.305 e. The van der Waals surface area contributed by atoms with E-state index in [1.54, 1.807) is 4.90 Å². The van der Waals surface area contributed by atoms with Crippen LogP contribution in [0.3, 0.4) is 0 Å². The highest BCUT2D eigenvalue weighted by molar-refractivity contribution is 7.89. The Labute approximate surface area is 175 Å². The van der Waals surface area contributed by atoms with Gasteiger partial charge in [0.05, 0.1) is 10.1 Å². The van der Waals surface area contributed by atoms with E-state index in [9.17, 15) is 30.3 Å². The number of piperidine rings is 1. The maximum Gasteiger partial charge on any atom is 0.305 e. The Balaban J connectivity index is 1.71. The lowest BCUT2D eigenvalue weighted by atomic mass is 10.1. The molecule has 0 radical (unpaired) electrons. The highest BCUT2D eigenvalue weighted by Gasteiger charge is 2.33. The fourth-order valence-electron chi connectivity index (χ4n) is 3.71. The number of hydrogen-bond acceptors (Lipinski definition) is 6.